The van der Waals surface area contributed by atoms with Gasteiger partial charge in [-0.3, -0.25) is 14.7 Å². The van der Waals surface area contributed by atoms with Gasteiger partial charge in [0.05, 0.1) is 18.8 Å². The molecule has 2 aliphatic heterocycles. The van der Waals surface area contributed by atoms with E-state index in [4.69, 9.17) is 9.47 Å². The number of ether oxygens (including phenoxy) is 2. The molecule has 0 N–H and O–H groups in total. The zero-order valence-corrected chi connectivity index (χ0v) is 14.6. The van der Waals surface area contributed by atoms with Gasteiger partial charge in [0.2, 0.25) is 5.91 Å². The minimum atomic E-state index is -0.00641. The Bertz CT molecular complexity index is 538. The molecule has 0 aliphatic carbocycles. The number of rotatable bonds is 6. The fraction of sp³-hybridized carbons (Fsp3) is 0.667. The Balaban J connectivity index is 1.44. The van der Waals surface area contributed by atoms with Crippen LogP contribution >= 0.6 is 0 Å². The van der Waals surface area contributed by atoms with Crippen LogP contribution in [0.25, 0.3) is 0 Å². The van der Waals surface area contributed by atoms with Crippen LogP contribution in [0.2, 0.25) is 0 Å². The number of likely N-dealkylation sites (tertiary alicyclic amines) is 1. The number of nitrogens with zero attached hydrogens (tertiary/aromatic N) is 3. The molecule has 1 aromatic rings. The predicted molar refractivity (Wildman–Crippen MR) is 90.5 cm³/mol. The zero-order chi connectivity index (χ0) is 16.9. The van der Waals surface area contributed by atoms with Crippen LogP contribution in [0.3, 0.4) is 0 Å². The standard InChI is InChI=1S/C18H27N3O3/c1-20(2)18(22)13-23-12-15-3-4-16-17(24-15)7-10-21(16)11-14-5-8-19-9-6-14/h5-6,8-9,15-17H,3-4,7,10-13H2,1-2H3/t15-,16+,17+/m1/s1. The van der Waals surface area contributed by atoms with Crippen molar-refractivity contribution >= 4 is 5.91 Å². The summed E-state index contributed by atoms with van der Waals surface area (Å²) in [5.41, 5.74) is 1.30. The van der Waals surface area contributed by atoms with Gasteiger partial charge in [-0.25, -0.2) is 0 Å². The van der Waals surface area contributed by atoms with Crippen molar-refractivity contribution < 1.29 is 14.3 Å². The quantitative estimate of drug-likeness (QED) is 0.786. The summed E-state index contributed by atoms with van der Waals surface area (Å²) in [6.07, 6.45) is 7.30. The molecule has 2 fully saturated rings. The predicted octanol–water partition coefficient (Wildman–Crippen LogP) is 1.31. The minimum Gasteiger partial charge on any atom is -0.371 e. The number of hydrogen-bond acceptors (Lipinski definition) is 5. The van der Waals surface area contributed by atoms with Crippen LogP contribution in [0, 0.1) is 0 Å². The van der Waals surface area contributed by atoms with Crippen LogP contribution < -0.4 is 0 Å². The molecule has 0 spiro atoms. The number of likely N-dealkylation sites (N-methyl/N-ethyl adjacent to an activating group) is 1. The van der Waals surface area contributed by atoms with Gasteiger partial charge in [0.25, 0.3) is 0 Å². The first-order chi connectivity index (χ1) is 11.6. The van der Waals surface area contributed by atoms with E-state index in [9.17, 15) is 4.79 Å². The van der Waals surface area contributed by atoms with Gasteiger partial charge in [-0.1, -0.05) is 0 Å². The third-order valence-electron chi connectivity index (χ3n) is 4.91. The summed E-state index contributed by atoms with van der Waals surface area (Å²) >= 11 is 0. The Hall–Kier alpha value is -1.50. The molecule has 6 nitrogen and oxygen atoms in total. The van der Waals surface area contributed by atoms with E-state index in [-0.39, 0.29) is 18.6 Å². The molecule has 3 atom stereocenters. The molecule has 132 valence electrons. The van der Waals surface area contributed by atoms with Gasteiger partial charge in [0.1, 0.15) is 6.61 Å². The lowest BCUT2D eigenvalue weighted by atomic mass is 9.99. The molecule has 6 heteroatoms. The maximum atomic E-state index is 11.5. The molecule has 3 rings (SSSR count). The molecule has 3 heterocycles. The van der Waals surface area contributed by atoms with Gasteiger partial charge in [-0.05, 0) is 37.0 Å². The summed E-state index contributed by atoms with van der Waals surface area (Å²) in [6.45, 7) is 2.68. The van der Waals surface area contributed by atoms with E-state index in [1.165, 1.54) is 5.56 Å². The van der Waals surface area contributed by atoms with Crippen molar-refractivity contribution in [3.8, 4) is 0 Å². The third kappa shape index (κ3) is 4.32. The van der Waals surface area contributed by atoms with E-state index in [0.717, 1.165) is 32.4 Å². The normalized spacial score (nSPS) is 27.0. The van der Waals surface area contributed by atoms with Gasteiger partial charge in [-0.15, -0.1) is 0 Å². The Labute approximate surface area is 143 Å². The average Bonchev–Trinajstić information content (AvgIpc) is 2.98. The number of aromatic nitrogens is 1. The van der Waals surface area contributed by atoms with Crippen LogP contribution in [-0.4, -0.2) is 72.8 Å². The number of fused-ring (bicyclic) bond motifs is 1. The SMILES string of the molecule is CN(C)C(=O)COC[C@H]1CC[C@H]2[C@H](CCN2Cc2ccncc2)O1. The lowest BCUT2D eigenvalue weighted by Gasteiger charge is -2.36. The average molecular weight is 333 g/mol. The van der Waals surface area contributed by atoms with Crippen LogP contribution in [0.1, 0.15) is 24.8 Å². The van der Waals surface area contributed by atoms with Crippen molar-refractivity contribution in [1.82, 2.24) is 14.8 Å². The molecular formula is C18H27N3O3. The molecule has 0 saturated carbocycles. The molecule has 24 heavy (non-hydrogen) atoms. The Kier molecular flexibility index (Phi) is 5.81. The number of carbonyl (C=O) groups is 1. The summed E-state index contributed by atoms with van der Waals surface area (Å²) in [6, 6.07) is 4.66. The number of carbonyl (C=O) groups excluding carboxylic acids is 1. The van der Waals surface area contributed by atoms with Gasteiger partial charge >= 0.3 is 0 Å². The minimum absolute atomic E-state index is 0.00641. The van der Waals surface area contributed by atoms with Crippen molar-refractivity contribution in [2.45, 2.75) is 44.1 Å². The zero-order valence-electron chi connectivity index (χ0n) is 14.6. The van der Waals surface area contributed by atoms with Gasteiger partial charge in [0.15, 0.2) is 0 Å². The fourth-order valence-corrected chi connectivity index (χ4v) is 3.53. The largest absolute Gasteiger partial charge is 0.371 e. The maximum Gasteiger partial charge on any atom is 0.248 e. The number of hydrogen-bond donors (Lipinski definition) is 0. The molecule has 1 amide bonds. The number of amides is 1. The van der Waals surface area contributed by atoms with E-state index in [0.29, 0.717) is 18.8 Å². The van der Waals surface area contributed by atoms with Crippen LogP contribution in [0.5, 0.6) is 0 Å². The fourth-order valence-electron chi connectivity index (χ4n) is 3.53. The highest BCUT2D eigenvalue weighted by molar-refractivity contribution is 5.76. The highest BCUT2D eigenvalue weighted by atomic mass is 16.5. The Morgan fingerprint density at radius 2 is 2.12 bits per heavy atom. The molecule has 1 aromatic heterocycles. The van der Waals surface area contributed by atoms with Gasteiger partial charge in [-0.2, -0.15) is 0 Å². The molecule has 2 saturated heterocycles. The second kappa shape index (κ2) is 8.05. The first kappa shape index (κ1) is 17.3. The van der Waals surface area contributed by atoms with E-state index in [1.54, 1.807) is 19.0 Å². The van der Waals surface area contributed by atoms with Crippen LogP contribution in [-0.2, 0) is 20.8 Å². The second-order valence-corrected chi connectivity index (χ2v) is 6.86. The van der Waals surface area contributed by atoms with Crippen LogP contribution in [0.4, 0.5) is 0 Å². The Morgan fingerprint density at radius 1 is 1.33 bits per heavy atom. The lowest BCUT2D eigenvalue weighted by Crippen LogP contribution is -2.43. The summed E-state index contributed by atoms with van der Waals surface area (Å²) in [5.74, 6) is -0.00641. The van der Waals surface area contributed by atoms with E-state index in [1.807, 2.05) is 12.4 Å². The molecule has 0 bridgehead atoms. The summed E-state index contributed by atoms with van der Waals surface area (Å²) in [7, 11) is 3.48. The molecule has 0 radical (unpaired) electrons. The smallest absolute Gasteiger partial charge is 0.248 e. The summed E-state index contributed by atoms with van der Waals surface area (Å²) in [5, 5.41) is 0. The molecule has 2 aliphatic rings. The highest BCUT2D eigenvalue weighted by Gasteiger charge is 2.39. The maximum absolute atomic E-state index is 11.5. The second-order valence-electron chi connectivity index (χ2n) is 6.86. The first-order valence-electron chi connectivity index (χ1n) is 8.70. The molecule has 0 aromatic carbocycles. The van der Waals surface area contributed by atoms with Gasteiger partial charge in [0, 0.05) is 45.6 Å². The topological polar surface area (TPSA) is 54.9 Å². The highest BCUT2D eigenvalue weighted by Crippen LogP contribution is 2.32. The van der Waals surface area contributed by atoms with Crippen molar-refractivity contribution in [3.63, 3.8) is 0 Å². The van der Waals surface area contributed by atoms with E-state index < -0.39 is 0 Å². The number of pyridine rings is 1. The summed E-state index contributed by atoms with van der Waals surface area (Å²) < 4.78 is 11.7. The lowest BCUT2D eigenvalue weighted by molar-refractivity contribution is -0.138. The monoisotopic (exact) mass is 333 g/mol. The first-order valence-corrected chi connectivity index (χ1v) is 8.70. The van der Waals surface area contributed by atoms with Crippen molar-refractivity contribution in [1.29, 1.82) is 0 Å². The summed E-state index contributed by atoms with van der Waals surface area (Å²) in [4.78, 5) is 19.7. The third-order valence-corrected chi connectivity index (χ3v) is 4.91. The Morgan fingerprint density at radius 3 is 2.88 bits per heavy atom. The van der Waals surface area contributed by atoms with E-state index in [2.05, 4.69) is 22.0 Å². The van der Waals surface area contributed by atoms with Crippen LogP contribution in [0.15, 0.2) is 24.5 Å². The molecule has 0 unspecified atom stereocenters. The van der Waals surface area contributed by atoms with Crippen molar-refractivity contribution in [2.24, 2.45) is 0 Å². The van der Waals surface area contributed by atoms with Crippen molar-refractivity contribution in [3.05, 3.63) is 30.1 Å². The van der Waals surface area contributed by atoms with Crippen molar-refractivity contribution in [2.75, 3.05) is 33.9 Å². The molecular weight excluding hydrogens is 306 g/mol. The van der Waals surface area contributed by atoms with E-state index >= 15 is 0 Å². The van der Waals surface area contributed by atoms with Gasteiger partial charge < -0.3 is 14.4 Å².